The standard InChI is InChI=1S/C61H47N/c1-61(2)58-39-43(29-34-55(58)56-35-33-51(41-59(56)61)62(49-20-11-5-12-21-49)50-22-13-6-14-23-50)27-26-42-28-30-47-40-48(32-31-46(47)38-42)52-36-37-54(45-18-9-4-10-19-45)60-53(24-15-25-57(52)60)44-16-7-3-8-17-44/h3-41,46-47H,1-2H3/b27-26+. The highest BCUT2D eigenvalue weighted by Crippen LogP contribution is 2.51. The fourth-order valence-electron chi connectivity index (χ4n) is 10.0. The van der Waals surface area contributed by atoms with Crippen LogP contribution in [0.25, 0.3) is 55.8 Å². The molecule has 0 radical (unpaired) electrons. The fourth-order valence-corrected chi connectivity index (χ4v) is 10.0. The maximum absolute atomic E-state index is 2.47. The van der Waals surface area contributed by atoms with Gasteiger partial charge in [-0.2, -0.15) is 0 Å². The van der Waals surface area contributed by atoms with Gasteiger partial charge in [-0.1, -0.05) is 214 Å². The molecule has 0 N–H and O–H groups in total. The molecule has 0 saturated heterocycles. The van der Waals surface area contributed by atoms with E-state index in [0.717, 1.165) is 11.4 Å². The quantitative estimate of drug-likeness (QED) is 0.148. The summed E-state index contributed by atoms with van der Waals surface area (Å²) >= 11 is 0. The Bertz CT molecular complexity index is 3040. The van der Waals surface area contributed by atoms with E-state index in [1.807, 2.05) is 0 Å². The molecule has 11 rings (SSSR count). The molecule has 0 aliphatic heterocycles. The second-order valence-corrected chi connectivity index (χ2v) is 17.3. The fraction of sp³-hybridized carbons (Fsp3) is 0.0820. The molecule has 8 aromatic rings. The molecule has 2 unspecified atom stereocenters. The lowest BCUT2D eigenvalue weighted by atomic mass is 9.78. The summed E-state index contributed by atoms with van der Waals surface area (Å²) in [5.41, 5.74) is 18.7. The lowest BCUT2D eigenvalue weighted by Crippen LogP contribution is -2.16. The third-order valence-electron chi connectivity index (χ3n) is 13.2. The molecule has 62 heavy (non-hydrogen) atoms. The Hall–Kier alpha value is -7.48. The van der Waals surface area contributed by atoms with E-state index in [1.165, 1.54) is 83.2 Å². The Morgan fingerprint density at radius 2 is 0.984 bits per heavy atom. The lowest BCUT2D eigenvalue weighted by Gasteiger charge is -2.28. The summed E-state index contributed by atoms with van der Waals surface area (Å²) in [6.07, 6.45) is 18.9. The molecule has 0 fully saturated rings. The topological polar surface area (TPSA) is 3.24 Å². The number of hydrogen-bond donors (Lipinski definition) is 0. The molecule has 3 aliphatic rings. The molecule has 1 nitrogen and oxygen atoms in total. The van der Waals surface area contributed by atoms with Crippen LogP contribution in [0.5, 0.6) is 0 Å². The molecule has 3 aliphatic carbocycles. The second kappa shape index (κ2) is 15.5. The summed E-state index contributed by atoms with van der Waals surface area (Å²) in [5.74, 6) is 0.615. The van der Waals surface area contributed by atoms with Crippen LogP contribution < -0.4 is 4.90 Å². The van der Waals surface area contributed by atoms with Crippen molar-refractivity contribution in [1.82, 2.24) is 0 Å². The summed E-state index contributed by atoms with van der Waals surface area (Å²) in [7, 11) is 0. The zero-order valence-electron chi connectivity index (χ0n) is 35.1. The summed E-state index contributed by atoms with van der Waals surface area (Å²) in [6, 6.07) is 68.3. The number of anilines is 3. The van der Waals surface area contributed by atoms with Gasteiger partial charge >= 0.3 is 0 Å². The SMILES string of the molecule is CC1(C)c2cc(/C=C/C3=CC4C=CC(c5ccc(-c6ccccc6)c6c(-c7ccccc7)cccc56)=CC4C=C3)ccc2-c2ccc(N(c3ccccc3)c3ccccc3)cc21. The molecular weight excluding hydrogens is 747 g/mol. The van der Waals surface area contributed by atoms with Gasteiger partial charge in [-0.15, -0.1) is 0 Å². The van der Waals surface area contributed by atoms with Crippen LogP contribution in [0, 0.1) is 11.8 Å². The summed E-state index contributed by atoms with van der Waals surface area (Å²) in [5, 5.41) is 2.58. The Morgan fingerprint density at radius 1 is 0.435 bits per heavy atom. The van der Waals surface area contributed by atoms with Gasteiger partial charge in [-0.05, 0) is 114 Å². The molecule has 0 heterocycles. The largest absolute Gasteiger partial charge is 0.310 e. The third kappa shape index (κ3) is 6.67. The van der Waals surface area contributed by atoms with Crippen molar-refractivity contribution in [2.24, 2.45) is 11.8 Å². The predicted octanol–water partition coefficient (Wildman–Crippen LogP) is 16.3. The first-order chi connectivity index (χ1) is 30.5. The maximum Gasteiger partial charge on any atom is 0.0465 e. The normalized spacial score (nSPS) is 17.0. The molecule has 0 bridgehead atoms. The van der Waals surface area contributed by atoms with Crippen molar-refractivity contribution in [3.63, 3.8) is 0 Å². The Labute approximate surface area is 365 Å². The van der Waals surface area contributed by atoms with E-state index in [1.54, 1.807) is 0 Å². The zero-order chi connectivity index (χ0) is 41.6. The van der Waals surface area contributed by atoms with Crippen LogP contribution in [-0.2, 0) is 5.41 Å². The smallest absolute Gasteiger partial charge is 0.0465 e. The number of hydrogen-bond acceptors (Lipinski definition) is 1. The Morgan fingerprint density at radius 3 is 1.66 bits per heavy atom. The molecule has 0 spiro atoms. The number of nitrogens with zero attached hydrogens (tertiary/aromatic N) is 1. The molecule has 2 atom stereocenters. The van der Waals surface area contributed by atoms with Crippen LogP contribution in [0.2, 0.25) is 0 Å². The van der Waals surface area contributed by atoms with Gasteiger partial charge in [-0.3, -0.25) is 0 Å². The van der Waals surface area contributed by atoms with Crippen molar-refractivity contribution >= 4 is 39.5 Å². The Balaban J connectivity index is 0.857. The van der Waals surface area contributed by atoms with Crippen molar-refractivity contribution in [2.45, 2.75) is 19.3 Å². The minimum absolute atomic E-state index is 0.145. The first-order valence-electron chi connectivity index (χ1n) is 21.8. The van der Waals surface area contributed by atoms with Gasteiger partial charge in [0.05, 0.1) is 0 Å². The van der Waals surface area contributed by atoms with E-state index in [9.17, 15) is 0 Å². The molecule has 0 amide bonds. The van der Waals surface area contributed by atoms with E-state index in [0.29, 0.717) is 11.8 Å². The van der Waals surface area contributed by atoms with Crippen LogP contribution >= 0.6 is 0 Å². The molecule has 296 valence electrons. The predicted molar refractivity (Wildman–Crippen MR) is 264 cm³/mol. The highest BCUT2D eigenvalue weighted by molar-refractivity contribution is 6.11. The monoisotopic (exact) mass is 793 g/mol. The highest BCUT2D eigenvalue weighted by Gasteiger charge is 2.36. The van der Waals surface area contributed by atoms with Crippen LogP contribution in [0.3, 0.4) is 0 Å². The average Bonchev–Trinajstić information content (AvgIpc) is 3.56. The summed E-state index contributed by atoms with van der Waals surface area (Å²) < 4.78 is 0. The van der Waals surface area contributed by atoms with Gasteiger partial charge < -0.3 is 4.90 Å². The maximum atomic E-state index is 2.47. The van der Waals surface area contributed by atoms with Crippen molar-refractivity contribution in [1.29, 1.82) is 0 Å². The first-order valence-corrected chi connectivity index (χ1v) is 21.8. The minimum atomic E-state index is -0.145. The number of rotatable bonds is 8. The van der Waals surface area contributed by atoms with Gasteiger partial charge in [0.2, 0.25) is 0 Å². The van der Waals surface area contributed by atoms with E-state index < -0.39 is 0 Å². The molecule has 8 aromatic carbocycles. The van der Waals surface area contributed by atoms with Crippen molar-refractivity contribution < 1.29 is 0 Å². The van der Waals surface area contributed by atoms with Gasteiger partial charge in [0.1, 0.15) is 0 Å². The van der Waals surface area contributed by atoms with E-state index >= 15 is 0 Å². The summed E-state index contributed by atoms with van der Waals surface area (Å²) in [6.45, 7) is 4.74. The van der Waals surface area contributed by atoms with E-state index in [-0.39, 0.29) is 5.41 Å². The van der Waals surface area contributed by atoms with Gasteiger partial charge in [0.25, 0.3) is 0 Å². The molecule has 1 heteroatoms. The first kappa shape index (κ1) is 37.5. The van der Waals surface area contributed by atoms with Crippen molar-refractivity contribution in [2.75, 3.05) is 4.90 Å². The number of para-hydroxylation sites is 2. The van der Waals surface area contributed by atoms with E-state index in [2.05, 4.69) is 255 Å². The second-order valence-electron chi connectivity index (χ2n) is 17.3. The van der Waals surface area contributed by atoms with Crippen LogP contribution in [0.1, 0.15) is 36.1 Å². The third-order valence-corrected chi connectivity index (χ3v) is 13.2. The molecule has 0 aromatic heterocycles. The van der Waals surface area contributed by atoms with Crippen molar-refractivity contribution in [3.8, 4) is 33.4 Å². The Kier molecular flexibility index (Phi) is 9.39. The van der Waals surface area contributed by atoms with E-state index in [4.69, 9.17) is 0 Å². The average molecular weight is 794 g/mol. The number of benzene rings is 8. The summed E-state index contributed by atoms with van der Waals surface area (Å²) in [4.78, 5) is 2.36. The van der Waals surface area contributed by atoms with Crippen molar-refractivity contribution in [3.05, 3.63) is 258 Å². The lowest BCUT2D eigenvalue weighted by molar-refractivity contribution is 0.659. The van der Waals surface area contributed by atoms with Crippen LogP contribution in [0.4, 0.5) is 17.1 Å². The zero-order valence-corrected chi connectivity index (χ0v) is 35.1. The minimum Gasteiger partial charge on any atom is -0.310 e. The molecular formula is C61H47N. The molecule has 0 saturated carbocycles. The van der Waals surface area contributed by atoms with Crippen LogP contribution in [-0.4, -0.2) is 0 Å². The van der Waals surface area contributed by atoms with Gasteiger partial charge in [0, 0.05) is 34.3 Å². The van der Waals surface area contributed by atoms with Gasteiger partial charge in [-0.25, -0.2) is 0 Å². The number of fused-ring (bicyclic) bond motifs is 5. The van der Waals surface area contributed by atoms with Crippen LogP contribution in [0.15, 0.2) is 236 Å². The number of allylic oxidation sites excluding steroid dienone is 9. The highest BCUT2D eigenvalue weighted by atomic mass is 15.1. The van der Waals surface area contributed by atoms with Gasteiger partial charge in [0.15, 0.2) is 0 Å².